The largest absolute Gasteiger partial charge is 0.0629 e. The molecule has 0 aliphatic carbocycles. The van der Waals surface area contributed by atoms with E-state index in [9.17, 15) is 0 Å². The Hall–Kier alpha value is -1.56. The Bertz CT molecular complexity index is 393. The fraction of sp³-hybridized carbons (Fsp3) is 0. The van der Waals surface area contributed by atoms with Crippen LogP contribution < -0.4 is 0 Å². The van der Waals surface area contributed by atoms with Crippen molar-refractivity contribution in [2.75, 3.05) is 0 Å². The highest BCUT2D eigenvalue weighted by Crippen LogP contribution is 2.17. The summed E-state index contributed by atoms with van der Waals surface area (Å²) in [7, 11) is 0. The third kappa shape index (κ3) is 1.37. The molecule has 2 aromatic rings. The van der Waals surface area contributed by atoms with Gasteiger partial charge >= 0.3 is 0 Å². The van der Waals surface area contributed by atoms with E-state index >= 15 is 0 Å². The highest BCUT2D eigenvalue weighted by molar-refractivity contribution is 5.62. The van der Waals surface area contributed by atoms with Crippen LogP contribution in [-0.4, -0.2) is 0 Å². The van der Waals surface area contributed by atoms with Crippen LogP contribution in [0.2, 0.25) is 0 Å². The van der Waals surface area contributed by atoms with Crippen LogP contribution in [0, 0.1) is 0 Å². The highest BCUT2D eigenvalue weighted by Gasteiger charge is 1.91. The van der Waals surface area contributed by atoms with Gasteiger partial charge in [-0.2, -0.15) is 0 Å². The molecular weight excluding hydrogens is 144 g/mol. The molecule has 0 aromatic heterocycles. The first-order valence-electron chi connectivity index (χ1n) is 4.49. The quantitative estimate of drug-likeness (QED) is 0.592. The van der Waals surface area contributed by atoms with Crippen molar-refractivity contribution >= 4 is 0 Å². The second-order valence-electron chi connectivity index (χ2n) is 2.64. The summed E-state index contributed by atoms with van der Waals surface area (Å²) in [6.45, 7) is 0. The Labute approximate surface area is 73.9 Å². The molecule has 0 fully saturated rings. The van der Waals surface area contributed by atoms with E-state index in [0.29, 0.717) is 6.04 Å². The average molecular weight is 155 g/mol. The van der Waals surface area contributed by atoms with Crippen LogP contribution in [0.1, 0.15) is 1.37 Å². The van der Waals surface area contributed by atoms with Gasteiger partial charge in [-0.25, -0.2) is 0 Å². The fourth-order valence-electron chi connectivity index (χ4n) is 1.19. The highest BCUT2D eigenvalue weighted by atomic mass is 14.0. The van der Waals surface area contributed by atoms with Crippen molar-refractivity contribution in [3.63, 3.8) is 0 Å². The van der Waals surface area contributed by atoms with Gasteiger partial charge in [0, 0.05) is 0 Å². The molecule has 0 amide bonds. The zero-order valence-electron chi connectivity index (χ0n) is 7.70. The summed E-state index contributed by atoms with van der Waals surface area (Å²) < 4.78 is 7.71. The fourth-order valence-corrected chi connectivity index (χ4v) is 1.19. The number of hydrogen-bond acceptors (Lipinski definition) is 0. The lowest BCUT2D eigenvalue weighted by molar-refractivity contribution is 1.62. The zero-order chi connectivity index (χ0) is 9.10. The molecule has 0 aliphatic rings. The summed E-state index contributed by atoms with van der Waals surface area (Å²) in [5.41, 5.74) is 2.09. The van der Waals surface area contributed by atoms with Crippen LogP contribution >= 0.6 is 0 Å². The minimum atomic E-state index is 0.578. The molecule has 0 spiro atoms. The van der Waals surface area contributed by atoms with E-state index in [1.165, 1.54) is 0 Å². The Morgan fingerprint density at radius 1 is 0.667 bits per heavy atom. The lowest BCUT2D eigenvalue weighted by Gasteiger charge is -1.98. The summed E-state index contributed by atoms with van der Waals surface area (Å²) in [4.78, 5) is 0. The number of hydrogen-bond donors (Lipinski definition) is 0. The van der Waals surface area contributed by atoms with Crippen LogP contribution in [0.25, 0.3) is 11.1 Å². The first-order valence-corrected chi connectivity index (χ1v) is 3.99. The van der Waals surface area contributed by atoms with Gasteiger partial charge in [0.25, 0.3) is 0 Å². The van der Waals surface area contributed by atoms with Gasteiger partial charge in [-0.05, 0) is 11.1 Å². The van der Waals surface area contributed by atoms with E-state index in [0.717, 1.165) is 11.1 Å². The molecule has 0 saturated carbocycles. The van der Waals surface area contributed by atoms with Gasteiger partial charge in [-0.3, -0.25) is 0 Å². The molecule has 0 bridgehead atoms. The van der Waals surface area contributed by atoms with Gasteiger partial charge in [0.2, 0.25) is 0 Å². The van der Waals surface area contributed by atoms with Crippen molar-refractivity contribution in [3.05, 3.63) is 60.6 Å². The van der Waals surface area contributed by atoms with Crippen molar-refractivity contribution in [2.24, 2.45) is 0 Å². The van der Waals surface area contributed by atoms with E-state index in [1.807, 2.05) is 54.6 Å². The summed E-state index contributed by atoms with van der Waals surface area (Å²) in [6.07, 6.45) is 0. The van der Waals surface area contributed by atoms with E-state index in [4.69, 9.17) is 1.37 Å². The lowest BCUT2D eigenvalue weighted by atomic mass is 10.1. The summed E-state index contributed by atoms with van der Waals surface area (Å²) in [5.74, 6) is 0. The smallest absolute Gasteiger partial charge is 0.0622 e. The molecule has 0 unspecified atom stereocenters. The average Bonchev–Trinajstić information content (AvgIpc) is 2.20. The van der Waals surface area contributed by atoms with Gasteiger partial charge in [0.05, 0.1) is 1.37 Å². The SMILES string of the molecule is [2H]c1ccccc1-c1ccccc1. The van der Waals surface area contributed by atoms with Gasteiger partial charge in [-0.1, -0.05) is 60.6 Å². The summed E-state index contributed by atoms with van der Waals surface area (Å²) in [5, 5.41) is 0. The number of rotatable bonds is 1. The predicted molar refractivity (Wildman–Crippen MR) is 51.9 cm³/mol. The standard InChI is InChI=1S/C12H10/c1-3-7-11(8-4-1)12-9-5-2-6-10-12/h1-10H/i7D. The van der Waals surface area contributed by atoms with Crippen LogP contribution in [0.3, 0.4) is 0 Å². The Morgan fingerprint density at radius 3 is 1.92 bits per heavy atom. The summed E-state index contributed by atoms with van der Waals surface area (Å²) >= 11 is 0. The second kappa shape index (κ2) is 3.22. The Morgan fingerprint density at radius 2 is 1.25 bits per heavy atom. The molecule has 0 saturated heterocycles. The van der Waals surface area contributed by atoms with Crippen molar-refractivity contribution in [1.29, 1.82) is 0 Å². The van der Waals surface area contributed by atoms with Gasteiger partial charge in [0.15, 0.2) is 0 Å². The van der Waals surface area contributed by atoms with Crippen LogP contribution in [0.5, 0.6) is 0 Å². The summed E-state index contributed by atoms with van der Waals surface area (Å²) in [6, 6.07) is 18.2. The maximum atomic E-state index is 7.71. The molecular formula is C12H10. The van der Waals surface area contributed by atoms with Gasteiger partial charge in [-0.15, -0.1) is 0 Å². The van der Waals surface area contributed by atoms with Crippen LogP contribution in [0.15, 0.2) is 60.6 Å². The maximum absolute atomic E-state index is 7.71. The molecule has 2 rings (SSSR count). The normalized spacial score (nSPS) is 10.8. The van der Waals surface area contributed by atoms with Gasteiger partial charge < -0.3 is 0 Å². The third-order valence-corrected chi connectivity index (χ3v) is 1.79. The molecule has 0 aliphatic heterocycles. The predicted octanol–water partition coefficient (Wildman–Crippen LogP) is 3.35. The van der Waals surface area contributed by atoms with Crippen molar-refractivity contribution in [2.45, 2.75) is 0 Å². The third-order valence-electron chi connectivity index (χ3n) is 1.79. The molecule has 0 atom stereocenters. The Kier molecular flexibility index (Phi) is 1.62. The monoisotopic (exact) mass is 155 g/mol. The molecule has 58 valence electrons. The van der Waals surface area contributed by atoms with Gasteiger partial charge in [0.1, 0.15) is 0 Å². The van der Waals surface area contributed by atoms with Crippen molar-refractivity contribution in [1.82, 2.24) is 0 Å². The first kappa shape index (κ1) is 6.01. The van der Waals surface area contributed by atoms with E-state index in [2.05, 4.69) is 0 Å². The minimum Gasteiger partial charge on any atom is -0.0622 e. The maximum Gasteiger partial charge on any atom is 0.0629 e. The topological polar surface area (TPSA) is 0 Å². The molecule has 12 heavy (non-hydrogen) atoms. The van der Waals surface area contributed by atoms with Crippen molar-refractivity contribution < 1.29 is 1.37 Å². The van der Waals surface area contributed by atoms with Crippen LogP contribution in [0.4, 0.5) is 0 Å². The van der Waals surface area contributed by atoms with Crippen LogP contribution in [-0.2, 0) is 0 Å². The van der Waals surface area contributed by atoms with E-state index < -0.39 is 0 Å². The molecule has 0 nitrogen and oxygen atoms in total. The molecule has 2 aromatic carbocycles. The molecule has 0 heteroatoms. The van der Waals surface area contributed by atoms with E-state index in [-0.39, 0.29) is 0 Å². The molecule has 0 N–H and O–H groups in total. The van der Waals surface area contributed by atoms with E-state index in [1.54, 1.807) is 0 Å². The first-order chi connectivity index (χ1) is 6.38. The number of benzene rings is 2. The Balaban J connectivity index is 2.54. The minimum absolute atomic E-state index is 0.578. The lowest BCUT2D eigenvalue weighted by Crippen LogP contribution is -1.73. The van der Waals surface area contributed by atoms with Crippen molar-refractivity contribution in [3.8, 4) is 11.1 Å². The second-order valence-corrected chi connectivity index (χ2v) is 2.64. The zero-order valence-corrected chi connectivity index (χ0v) is 6.70. The molecule has 0 heterocycles. The molecule has 0 radical (unpaired) electrons.